The quantitative estimate of drug-likeness (QED) is 0.647. The van der Waals surface area contributed by atoms with Crippen LogP contribution in [0.1, 0.15) is 32.6 Å². The third-order valence-corrected chi connectivity index (χ3v) is 5.91. The van der Waals surface area contributed by atoms with Crippen LogP contribution in [-0.2, 0) is 19.3 Å². The van der Waals surface area contributed by atoms with Crippen molar-refractivity contribution in [3.05, 3.63) is 82.5 Å². The van der Waals surface area contributed by atoms with Crippen molar-refractivity contribution >= 4 is 17.4 Å². The molecule has 0 radical (unpaired) electrons. The van der Waals surface area contributed by atoms with Crippen molar-refractivity contribution < 1.29 is 14.6 Å². The molecule has 0 bridgehead atoms. The Balaban J connectivity index is 1.42. The maximum absolute atomic E-state index is 13.4. The van der Waals surface area contributed by atoms with Gasteiger partial charge in [0.15, 0.2) is 0 Å². The van der Waals surface area contributed by atoms with Crippen LogP contribution in [0.15, 0.2) is 54.7 Å². The number of rotatable bonds is 6. The molecule has 0 unspecified atom stereocenters. The zero-order valence-electron chi connectivity index (χ0n) is 17.3. The normalized spacial score (nSPS) is 13.8. The van der Waals surface area contributed by atoms with Crippen LogP contribution in [-0.4, -0.2) is 42.3 Å². The minimum absolute atomic E-state index is 0.129. The van der Waals surface area contributed by atoms with Crippen molar-refractivity contribution in [3.8, 4) is 5.75 Å². The largest absolute Gasteiger partial charge is 0.493 e. The Labute approximate surface area is 181 Å². The number of nitrogens with one attached hydrogen (secondary N) is 1. The topological polar surface area (TPSA) is 74.7 Å². The van der Waals surface area contributed by atoms with Crippen LogP contribution in [0.25, 0.3) is 0 Å². The maximum Gasteiger partial charge on any atom is 0.259 e. The van der Waals surface area contributed by atoms with Crippen LogP contribution in [0.2, 0.25) is 0 Å². The van der Waals surface area contributed by atoms with Crippen LogP contribution in [0.3, 0.4) is 0 Å². The average molecular weight is 415 g/mol. The molecule has 0 aliphatic carbocycles. The number of aliphatic hydroxyl groups excluding tert-OH is 1. The Bertz CT molecular complexity index is 1130. The van der Waals surface area contributed by atoms with Gasteiger partial charge in [0, 0.05) is 30.4 Å². The number of benzene rings is 2. The van der Waals surface area contributed by atoms with Crippen LogP contribution in [0.5, 0.6) is 5.75 Å². The predicted octanol–water partition coefficient (Wildman–Crippen LogP) is 3.21. The first-order valence-electron chi connectivity index (χ1n) is 10.7. The Kier molecular flexibility index (Phi) is 5.30. The third-order valence-electron chi connectivity index (χ3n) is 5.91. The summed E-state index contributed by atoms with van der Waals surface area (Å²) in [7, 11) is 0. The molecule has 2 N–H and O–H groups in total. The first-order chi connectivity index (χ1) is 15.2. The molecule has 0 atom stereocenters. The van der Waals surface area contributed by atoms with Gasteiger partial charge in [-0.05, 0) is 65.4 Å². The Morgan fingerprint density at radius 2 is 2.03 bits per heavy atom. The maximum atomic E-state index is 13.4. The second-order valence-corrected chi connectivity index (χ2v) is 7.93. The number of carbonyl (C=O) groups excluding carboxylic acids is 1. The molecule has 0 fully saturated rings. The van der Waals surface area contributed by atoms with Gasteiger partial charge in [0.25, 0.3) is 5.91 Å². The SMILES string of the molecule is O=C(c1cccc2c1CCN2)N(CCO)c1cc(Cc2ccc3c(c2)CCO3)ccn1. The summed E-state index contributed by atoms with van der Waals surface area (Å²) >= 11 is 0. The van der Waals surface area contributed by atoms with Gasteiger partial charge in [-0.15, -0.1) is 0 Å². The molecule has 2 aliphatic heterocycles. The van der Waals surface area contributed by atoms with Gasteiger partial charge >= 0.3 is 0 Å². The molecule has 158 valence electrons. The molecule has 2 aliphatic rings. The highest BCUT2D eigenvalue weighted by Crippen LogP contribution is 2.29. The summed E-state index contributed by atoms with van der Waals surface area (Å²) in [5.41, 5.74) is 6.23. The van der Waals surface area contributed by atoms with E-state index in [-0.39, 0.29) is 19.1 Å². The molecule has 3 aromatic rings. The molecule has 0 saturated carbocycles. The first-order valence-corrected chi connectivity index (χ1v) is 10.7. The van der Waals surface area contributed by atoms with Crippen LogP contribution >= 0.6 is 0 Å². The monoisotopic (exact) mass is 415 g/mol. The summed E-state index contributed by atoms with van der Waals surface area (Å²) in [5.74, 6) is 1.40. The van der Waals surface area contributed by atoms with E-state index in [1.807, 2.05) is 36.4 Å². The smallest absolute Gasteiger partial charge is 0.259 e. The van der Waals surface area contributed by atoms with E-state index in [2.05, 4.69) is 22.4 Å². The molecular weight excluding hydrogens is 390 g/mol. The fourth-order valence-corrected chi connectivity index (χ4v) is 4.41. The lowest BCUT2D eigenvalue weighted by Crippen LogP contribution is -2.34. The zero-order valence-corrected chi connectivity index (χ0v) is 17.3. The van der Waals surface area contributed by atoms with Crippen molar-refractivity contribution in [3.63, 3.8) is 0 Å². The van der Waals surface area contributed by atoms with Crippen LogP contribution < -0.4 is 15.0 Å². The van der Waals surface area contributed by atoms with E-state index >= 15 is 0 Å². The summed E-state index contributed by atoms with van der Waals surface area (Å²) in [6.07, 6.45) is 4.24. The van der Waals surface area contributed by atoms with Gasteiger partial charge in [0.05, 0.1) is 19.8 Å². The molecule has 31 heavy (non-hydrogen) atoms. The fourth-order valence-electron chi connectivity index (χ4n) is 4.41. The van der Waals surface area contributed by atoms with Crippen molar-refractivity contribution in [2.45, 2.75) is 19.3 Å². The highest BCUT2D eigenvalue weighted by Gasteiger charge is 2.24. The number of aromatic nitrogens is 1. The van der Waals surface area contributed by atoms with Gasteiger partial charge in [-0.25, -0.2) is 4.98 Å². The number of amides is 1. The number of aliphatic hydroxyl groups is 1. The van der Waals surface area contributed by atoms with Crippen molar-refractivity contribution in [1.29, 1.82) is 0 Å². The number of anilines is 2. The number of ether oxygens (including phenoxy) is 1. The summed E-state index contributed by atoms with van der Waals surface area (Å²) in [5, 5.41) is 13.0. The number of carbonyl (C=O) groups is 1. The van der Waals surface area contributed by atoms with E-state index in [0.717, 1.165) is 55.0 Å². The standard InChI is InChI=1S/C25H25N3O3/c29-12-11-28(25(30)21-2-1-3-22-20(21)7-10-26-22)24-16-18(6-9-27-24)14-17-4-5-23-19(15-17)8-13-31-23/h1-6,9,15-16,26,29H,7-8,10-14H2. The highest BCUT2D eigenvalue weighted by molar-refractivity contribution is 6.07. The highest BCUT2D eigenvalue weighted by atomic mass is 16.5. The lowest BCUT2D eigenvalue weighted by Gasteiger charge is -2.22. The molecule has 0 spiro atoms. The van der Waals surface area contributed by atoms with Gasteiger partial charge in [0.1, 0.15) is 11.6 Å². The molecule has 3 heterocycles. The molecule has 2 aromatic carbocycles. The number of nitrogens with zero attached hydrogens (tertiary/aromatic N) is 2. The number of hydrogen-bond donors (Lipinski definition) is 2. The second kappa shape index (κ2) is 8.40. The lowest BCUT2D eigenvalue weighted by molar-refractivity contribution is 0.0979. The minimum atomic E-state index is -0.131. The minimum Gasteiger partial charge on any atom is -0.493 e. The van der Waals surface area contributed by atoms with Gasteiger partial charge < -0.3 is 15.2 Å². The molecule has 0 saturated heterocycles. The van der Waals surface area contributed by atoms with Gasteiger partial charge in [0.2, 0.25) is 0 Å². The van der Waals surface area contributed by atoms with E-state index in [0.29, 0.717) is 11.4 Å². The van der Waals surface area contributed by atoms with Crippen molar-refractivity contribution in [2.24, 2.45) is 0 Å². The Hall–Kier alpha value is -3.38. The van der Waals surface area contributed by atoms with Crippen LogP contribution in [0.4, 0.5) is 11.5 Å². The van der Waals surface area contributed by atoms with E-state index in [4.69, 9.17) is 4.74 Å². The number of pyridine rings is 1. The molecule has 6 nitrogen and oxygen atoms in total. The molecule has 1 amide bonds. The van der Waals surface area contributed by atoms with E-state index in [9.17, 15) is 9.90 Å². The van der Waals surface area contributed by atoms with E-state index in [1.54, 1.807) is 11.1 Å². The average Bonchev–Trinajstić information content (AvgIpc) is 3.46. The third kappa shape index (κ3) is 3.86. The van der Waals surface area contributed by atoms with Gasteiger partial charge in [-0.1, -0.05) is 18.2 Å². The van der Waals surface area contributed by atoms with Crippen molar-refractivity contribution in [2.75, 3.05) is 36.5 Å². The molecular formula is C25H25N3O3. The Morgan fingerprint density at radius 3 is 2.94 bits per heavy atom. The molecule has 5 rings (SSSR count). The number of hydrogen-bond acceptors (Lipinski definition) is 5. The predicted molar refractivity (Wildman–Crippen MR) is 120 cm³/mol. The van der Waals surface area contributed by atoms with E-state index in [1.165, 1.54) is 11.1 Å². The zero-order chi connectivity index (χ0) is 21.2. The van der Waals surface area contributed by atoms with Gasteiger partial charge in [-0.3, -0.25) is 9.69 Å². The summed E-state index contributed by atoms with van der Waals surface area (Å²) in [6, 6.07) is 16.0. The summed E-state index contributed by atoms with van der Waals surface area (Å²) in [4.78, 5) is 19.5. The van der Waals surface area contributed by atoms with E-state index < -0.39 is 0 Å². The number of fused-ring (bicyclic) bond motifs is 2. The van der Waals surface area contributed by atoms with Gasteiger partial charge in [-0.2, -0.15) is 0 Å². The first kappa shape index (κ1) is 19.6. The fraction of sp³-hybridized carbons (Fsp3) is 0.280. The Morgan fingerprint density at radius 1 is 1.13 bits per heavy atom. The van der Waals surface area contributed by atoms with Crippen LogP contribution in [0, 0.1) is 0 Å². The second-order valence-electron chi connectivity index (χ2n) is 7.93. The van der Waals surface area contributed by atoms with Crippen molar-refractivity contribution in [1.82, 2.24) is 4.98 Å². The molecule has 1 aromatic heterocycles. The summed E-state index contributed by atoms with van der Waals surface area (Å²) < 4.78 is 5.60. The lowest BCUT2D eigenvalue weighted by atomic mass is 10.0. The molecule has 6 heteroatoms. The summed E-state index contributed by atoms with van der Waals surface area (Å²) in [6.45, 7) is 1.65.